The van der Waals surface area contributed by atoms with Gasteiger partial charge in [0.2, 0.25) is 5.91 Å². The molecule has 0 saturated heterocycles. The molecule has 8 heteroatoms. The predicted molar refractivity (Wildman–Crippen MR) is 102 cm³/mol. The van der Waals surface area contributed by atoms with Crippen molar-refractivity contribution in [2.45, 2.75) is 13.3 Å². The molecule has 0 fully saturated rings. The van der Waals surface area contributed by atoms with Crippen molar-refractivity contribution in [3.63, 3.8) is 0 Å². The number of pyridine rings is 1. The van der Waals surface area contributed by atoms with Crippen LogP contribution in [0.3, 0.4) is 0 Å². The molecule has 2 amide bonds. The van der Waals surface area contributed by atoms with E-state index in [4.69, 9.17) is 4.42 Å². The number of rotatable bonds is 6. The van der Waals surface area contributed by atoms with Gasteiger partial charge in [-0.1, -0.05) is 0 Å². The van der Waals surface area contributed by atoms with E-state index in [1.165, 1.54) is 24.5 Å². The number of hydrogen-bond donors (Lipinski definition) is 3. The highest BCUT2D eigenvalue weighted by molar-refractivity contribution is 5.94. The molecule has 144 valence electrons. The van der Waals surface area contributed by atoms with Crippen LogP contribution in [-0.4, -0.2) is 35.0 Å². The van der Waals surface area contributed by atoms with Crippen molar-refractivity contribution in [1.29, 1.82) is 0 Å². The lowest BCUT2D eigenvalue weighted by Gasteiger charge is -2.09. The number of aromatic nitrogens is 1. The zero-order valence-electron chi connectivity index (χ0n) is 15.2. The van der Waals surface area contributed by atoms with Gasteiger partial charge < -0.3 is 20.2 Å². The first-order valence-electron chi connectivity index (χ1n) is 8.66. The normalized spacial score (nSPS) is 10.6. The van der Waals surface area contributed by atoms with Crippen molar-refractivity contribution >= 4 is 22.8 Å². The summed E-state index contributed by atoms with van der Waals surface area (Å²) in [6.07, 6.45) is 2.91. The Balaban J connectivity index is 1.57. The van der Waals surface area contributed by atoms with Crippen molar-refractivity contribution in [2.24, 2.45) is 0 Å². The lowest BCUT2D eigenvalue weighted by Crippen LogP contribution is -2.36. The molecule has 0 aliphatic rings. The monoisotopic (exact) mass is 381 g/mol. The Labute approximate surface area is 160 Å². The van der Waals surface area contributed by atoms with Crippen LogP contribution in [0.2, 0.25) is 0 Å². The highest BCUT2D eigenvalue weighted by atomic mass is 16.4. The minimum atomic E-state index is -0.614. The summed E-state index contributed by atoms with van der Waals surface area (Å²) in [6, 6.07) is 7.67. The topological polar surface area (TPSA) is 122 Å². The molecule has 1 aromatic carbocycles. The van der Waals surface area contributed by atoms with Gasteiger partial charge in [-0.15, -0.1) is 0 Å². The van der Waals surface area contributed by atoms with Crippen LogP contribution >= 0.6 is 0 Å². The van der Waals surface area contributed by atoms with E-state index in [1.54, 1.807) is 25.1 Å². The smallest absolute Gasteiger partial charge is 0.340 e. The van der Waals surface area contributed by atoms with Gasteiger partial charge in [0.1, 0.15) is 11.3 Å². The third-order valence-electron chi connectivity index (χ3n) is 4.28. The fourth-order valence-corrected chi connectivity index (χ4v) is 2.79. The summed E-state index contributed by atoms with van der Waals surface area (Å²) in [5, 5.41) is 15.5. The molecule has 0 aliphatic carbocycles. The predicted octanol–water partition coefficient (Wildman–Crippen LogP) is 1.29. The van der Waals surface area contributed by atoms with Gasteiger partial charge in [-0.2, -0.15) is 0 Å². The van der Waals surface area contributed by atoms with Gasteiger partial charge >= 0.3 is 5.63 Å². The Morgan fingerprint density at radius 3 is 2.57 bits per heavy atom. The number of phenolic OH excluding ortho intramolecular Hbond substituents is 1. The zero-order chi connectivity index (χ0) is 20.1. The Hall–Kier alpha value is -3.68. The second-order valence-electron chi connectivity index (χ2n) is 6.19. The average Bonchev–Trinajstić information content (AvgIpc) is 2.68. The quantitative estimate of drug-likeness (QED) is 0.437. The second kappa shape index (κ2) is 8.34. The fourth-order valence-electron chi connectivity index (χ4n) is 2.79. The second-order valence-corrected chi connectivity index (χ2v) is 6.19. The van der Waals surface area contributed by atoms with Gasteiger partial charge in [0, 0.05) is 42.5 Å². The minimum absolute atomic E-state index is 0.00523. The SMILES string of the molecule is Cc1c(CC(=O)NCCNC(=O)c2ccncc2)c(=O)oc2cc(O)ccc12. The summed E-state index contributed by atoms with van der Waals surface area (Å²) in [7, 11) is 0. The number of aryl methyl sites for hydroxylation is 1. The van der Waals surface area contributed by atoms with E-state index in [0.717, 1.165) is 0 Å². The number of nitrogens with zero attached hydrogens (tertiary/aromatic N) is 1. The van der Waals surface area contributed by atoms with Crippen molar-refractivity contribution in [3.05, 3.63) is 69.8 Å². The highest BCUT2D eigenvalue weighted by Crippen LogP contribution is 2.23. The highest BCUT2D eigenvalue weighted by Gasteiger charge is 2.15. The number of hydrogen-bond acceptors (Lipinski definition) is 6. The van der Waals surface area contributed by atoms with E-state index >= 15 is 0 Å². The molecule has 2 aromatic heterocycles. The van der Waals surface area contributed by atoms with Gasteiger partial charge in [0.05, 0.1) is 12.0 Å². The third kappa shape index (κ3) is 4.35. The van der Waals surface area contributed by atoms with Gasteiger partial charge in [-0.05, 0) is 36.8 Å². The molecule has 0 atom stereocenters. The van der Waals surface area contributed by atoms with Crippen LogP contribution in [0, 0.1) is 6.92 Å². The lowest BCUT2D eigenvalue weighted by atomic mass is 10.0. The number of fused-ring (bicyclic) bond motifs is 1. The van der Waals surface area contributed by atoms with Crippen LogP contribution in [-0.2, 0) is 11.2 Å². The average molecular weight is 381 g/mol. The van der Waals surface area contributed by atoms with Crippen molar-refractivity contribution in [1.82, 2.24) is 15.6 Å². The number of benzene rings is 1. The van der Waals surface area contributed by atoms with Crippen LogP contribution in [0.5, 0.6) is 5.75 Å². The number of carbonyl (C=O) groups excluding carboxylic acids is 2. The van der Waals surface area contributed by atoms with E-state index in [0.29, 0.717) is 16.5 Å². The van der Waals surface area contributed by atoms with E-state index in [1.807, 2.05) is 0 Å². The van der Waals surface area contributed by atoms with E-state index in [-0.39, 0.29) is 48.2 Å². The molecular formula is C20H19N3O5. The number of aromatic hydroxyl groups is 1. The summed E-state index contributed by atoms with van der Waals surface area (Å²) in [5.74, 6) is -0.619. The third-order valence-corrected chi connectivity index (χ3v) is 4.28. The van der Waals surface area contributed by atoms with Crippen LogP contribution in [0.25, 0.3) is 11.0 Å². The molecule has 2 heterocycles. The largest absolute Gasteiger partial charge is 0.508 e. The molecule has 0 spiro atoms. The molecule has 3 aromatic rings. The van der Waals surface area contributed by atoms with Crippen molar-refractivity contribution in [3.8, 4) is 5.75 Å². The van der Waals surface area contributed by atoms with Crippen LogP contribution in [0.15, 0.2) is 51.9 Å². The van der Waals surface area contributed by atoms with E-state index in [2.05, 4.69) is 15.6 Å². The molecule has 0 saturated carbocycles. The van der Waals surface area contributed by atoms with Gasteiger partial charge in [0.15, 0.2) is 0 Å². The van der Waals surface area contributed by atoms with E-state index in [9.17, 15) is 19.5 Å². The summed E-state index contributed by atoms with van der Waals surface area (Å²) in [4.78, 5) is 40.1. The molecule has 0 aliphatic heterocycles. The standard InChI is InChI=1S/C20H19N3O5/c1-12-15-3-2-14(24)10-17(15)28-20(27)16(12)11-18(25)22-8-9-23-19(26)13-4-6-21-7-5-13/h2-7,10,24H,8-9,11H2,1H3,(H,22,25)(H,23,26). The Morgan fingerprint density at radius 2 is 1.82 bits per heavy atom. The molecule has 0 unspecified atom stereocenters. The van der Waals surface area contributed by atoms with E-state index < -0.39 is 5.63 Å². The van der Waals surface area contributed by atoms with Crippen LogP contribution in [0.1, 0.15) is 21.5 Å². The molecule has 3 rings (SSSR count). The van der Waals surface area contributed by atoms with Crippen LogP contribution in [0.4, 0.5) is 0 Å². The van der Waals surface area contributed by atoms with Gasteiger partial charge in [-0.25, -0.2) is 4.79 Å². The Bertz CT molecular complexity index is 1080. The maximum atomic E-state index is 12.2. The molecule has 0 radical (unpaired) electrons. The fraction of sp³-hybridized carbons (Fsp3) is 0.200. The lowest BCUT2D eigenvalue weighted by molar-refractivity contribution is -0.120. The molecule has 0 bridgehead atoms. The number of nitrogens with one attached hydrogen (secondary N) is 2. The number of carbonyl (C=O) groups is 2. The first kappa shape index (κ1) is 19.1. The summed E-state index contributed by atoms with van der Waals surface area (Å²) < 4.78 is 5.20. The molecule has 8 nitrogen and oxygen atoms in total. The van der Waals surface area contributed by atoms with Crippen molar-refractivity contribution < 1.29 is 19.1 Å². The number of amides is 2. The Kier molecular flexibility index (Phi) is 5.69. The molecular weight excluding hydrogens is 362 g/mol. The molecule has 28 heavy (non-hydrogen) atoms. The number of phenols is 1. The van der Waals surface area contributed by atoms with Crippen LogP contribution < -0.4 is 16.3 Å². The minimum Gasteiger partial charge on any atom is -0.508 e. The first-order valence-corrected chi connectivity index (χ1v) is 8.66. The maximum Gasteiger partial charge on any atom is 0.340 e. The molecule has 3 N–H and O–H groups in total. The van der Waals surface area contributed by atoms with Gasteiger partial charge in [0.25, 0.3) is 5.91 Å². The van der Waals surface area contributed by atoms with Gasteiger partial charge in [-0.3, -0.25) is 14.6 Å². The Morgan fingerprint density at radius 1 is 1.11 bits per heavy atom. The summed E-state index contributed by atoms with van der Waals surface area (Å²) in [6.45, 7) is 2.20. The summed E-state index contributed by atoms with van der Waals surface area (Å²) in [5.41, 5.74) is 1.03. The first-order chi connectivity index (χ1) is 13.5. The van der Waals surface area contributed by atoms with Crippen molar-refractivity contribution in [2.75, 3.05) is 13.1 Å². The maximum absolute atomic E-state index is 12.2. The zero-order valence-corrected chi connectivity index (χ0v) is 15.2. The summed E-state index contributed by atoms with van der Waals surface area (Å²) >= 11 is 0.